The van der Waals surface area contributed by atoms with Crippen molar-refractivity contribution in [2.45, 2.75) is 18.1 Å². The molecule has 1 saturated heterocycles. The third kappa shape index (κ3) is 2.53. The second-order valence-electron chi connectivity index (χ2n) is 7.47. The number of hydrogen-bond acceptors (Lipinski definition) is 4. The number of pyridine rings is 1. The summed E-state index contributed by atoms with van der Waals surface area (Å²) in [6, 6.07) is 12.6. The molecule has 3 aromatic rings. The van der Waals surface area contributed by atoms with E-state index in [-0.39, 0.29) is 23.7 Å². The van der Waals surface area contributed by atoms with Crippen molar-refractivity contribution in [2.24, 2.45) is 5.92 Å². The van der Waals surface area contributed by atoms with Crippen LogP contribution in [0.2, 0.25) is 0 Å². The molecule has 0 bridgehead atoms. The van der Waals surface area contributed by atoms with Crippen molar-refractivity contribution in [3.63, 3.8) is 0 Å². The van der Waals surface area contributed by atoms with Crippen molar-refractivity contribution >= 4 is 17.4 Å². The van der Waals surface area contributed by atoms with Crippen LogP contribution in [0, 0.1) is 17.8 Å². The molecule has 2 fully saturated rings. The van der Waals surface area contributed by atoms with Gasteiger partial charge in [-0.25, -0.2) is 9.78 Å². The molecule has 3 heterocycles. The average molecular weight is 387 g/mol. The molecule has 2 N–H and O–H groups in total. The van der Waals surface area contributed by atoms with Gasteiger partial charge in [0.2, 0.25) is 11.4 Å². The summed E-state index contributed by atoms with van der Waals surface area (Å²) < 4.78 is 1.53. The summed E-state index contributed by atoms with van der Waals surface area (Å²) in [5.74, 6) is 4.04. The Bertz CT molecular complexity index is 1250. The fourth-order valence-electron chi connectivity index (χ4n) is 4.10. The predicted octanol–water partition coefficient (Wildman–Crippen LogP) is 1.64. The number of benzene rings is 1. The first-order valence-electron chi connectivity index (χ1n) is 9.24. The smallest absolute Gasteiger partial charge is 0.372 e. The summed E-state index contributed by atoms with van der Waals surface area (Å²) in [6.45, 7) is 0. The van der Waals surface area contributed by atoms with Crippen LogP contribution >= 0.6 is 0 Å². The Morgan fingerprint density at radius 2 is 2.10 bits per heavy atom. The summed E-state index contributed by atoms with van der Waals surface area (Å²) in [6.07, 6.45) is 2.43. The molecular weight excluding hydrogens is 370 g/mol. The van der Waals surface area contributed by atoms with Crippen LogP contribution in [0.4, 0.5) is 0 Å². The predicted molar refractivity (Wildman–Crippen MR) is 104 cm³/mol. The Labute approximate surface area is 166 Å². The zero-order chi connectivity index (χ0) is 20.3. The summed E-state index contributed by atoms with van der Waals surface area (Å²) >= 11 is 0. The quantitative estimate of drug-likeness (QED) is 0.652. The fraction of sp³-hybridized carbons (Fsp3) is 0.227. The minimum absolute atomic E-state index is 0.0687. The molecule has 29 heavy (non-hydrogen) atoms. The number of aliphatic hydroxyl groups is 1. The van der Waals surface area contributed by atoms with Crippen molar-refractivity contribution in [3.8, 4) is 23.1 Å². The lowest BCUT2D eigenvalue weighted by Gasteiger charge is -2.18. The maximum absolute atomic E-state index is 12.3. The highest BCUT2D eigenvalue weighted by Gasteiger charge is 2.66. The van der Waals surface area contributed by atoms with Crippen LogP contribution < -0.4 is 0 Å². The molecule has 3 unspecified atom stereocenters. The molecule has 7 nitrogen and oxygen atoms in total. The Morgan fingerprint density at radius 3 is 2.83 bits per heavy atom. The third-order valence-corrected chi connectivity index (χ3v) is 5.71. The van der Waals surface area contributed by atoms with Crippen LogP contribution in [-0.2, 0) is 4.79 Å². The molecule has 1 amide bonds. The molecule has 1 saturated carbocycles. The van der Waals surface area contributed by atoms with E-state index in [1.807, 2.05) is 12.1 Å². The lowest BCUT2D eigenvalue weighted by molar-refractivity contribution is -0.140. The van der Waals surface area contributed by atoms with E-state index in [1.165, 1.54) is 4.40 Å². The van der Waals surface area contributed by atoms with Crippen molar-refractivity contribution in [2.75, 3.05) is 7.05 Å². The van der Waals surface area contributed by atoms with Gasteiger partial charge in [0.15, 0.2) is 0 Å². The first-order chi connectivity index (χ1) is 13.9. The first kappa shape index (κ1) is 17.5. The normalized spacial score (nSPS) is 24.9. The van der Waals surface area contributed by atoms with E-state index in [9.17, 15) is 19.8 Å². The van der Waals surface area contributed by atoms with Crippen LogP contribution in [0.1, 0.15) is 22.6 Å². The number of carboxylic acid groups (broad SMARTS) is 1. The van der Waals surface area contributed by atoms with Gasteiger partial charge in [0, 0.05) is 36.3 Å². The van der Waals surface area contributed by atoms with Gasteiger partial charge in [-0.3, -0.25) is 9.20 Å². The maximum Gasteiger partial charge on any atom is 0.372 e. The Kier molecular flexibility index (Phi) is 3.57. The number of aromatic nitrogens is 2. The highest BCUT2D eigenvalue weighted by Crippen LogP contribution is 2.50. The Hall–Kier alpha value is -3.63. The number of imidazole rings is 1. The summed E-state index contributed by atoms with van der Waals surface area (Å²) in [4.78, 5) is 29.7. The van der Waals surface area contributed by atoms with Gasteiger partial charge in [-0.05, 0) is 30.7 Å². The Morgan fingerprint density at radius 1 is 1.28 bits per heavy atom. The molecule has 3 atom stereocenters. The van der Waals surface area contributed by atoms with E-state index < -0.39 is 11.6 Å². The number of amides is 1. The SMILES string of the molecule is CN1C(=O)C(O)(C#Cc2cccc(-c3nc(C(=O)O)n4ccccc34)c2)C2CC21. The minimum Gasteiger partial charge on any atom is -0.475 e. The van der Waals surface area contributed by atoms with Crippen molar-refractivity contribution < 1.29 is 19.8 Å². The van der Waals surface area contributed by atoms with Crippen molar-refractivity contribution in [3.05, 3.63) is 60.0 Å². The number of nitrogens with zero attached hydrogens (tertiary/aromatic N) is 3. The van der Waals surface area contributed by atoms with Crippen LogP contribution in [0.5, 0.6) is 0 Å². The number of likely N-dealkylation sites (N-methyl/N-ethyl adjacent to an activating group) is 1. The standard InChI is InChI=1S/C22H17N3O4/c1-24-17-12-15(17)22(29,21(24)28)9-8-13-5-4-6-14(11-13)18-16-7-2-3-10-25(16)19(23-18)20(26)27/h2-7,10-11,15,17,29H,12H2,1H3,(H,26,27). The van der Waals surface area contributed by atoms with E-state index in [1.54, 1.807) is 48.5 Å². The Balaban J connectivity index is 1.55. The highest BCUT2D eigenvalue weighted by molar-refractivity contribution is 5.93. The van der Waals surface area contributed by atoms with E-state index in [2.05, 4.69) is 16.8 Å². The van der Waals surface area contributed by atoms with E-state index in [0.29, 0.717) is 22.3 Å². The first-order valence-corrected chi connectivity index (χ1v) is 9.24. The molecule has 0 radical (unpaired) electrons. The summed E-state index contributed by atoms with van der Waals surface area (Å²) in [5, 5.41) is 20.2. The number of carboxylic acids is 1. The largest absolute Gasteiger partial charge is 0.475 e. The molecule has 1 aliphatic heterocycles. The zero-order valence-corrected chi connectivity index (χ0v) is 15.5. The molecule has 1 aliphatic carbocycles. The number of carbonyl (C=O) groups is 2. The molecule has 144 valence electrons. The maximum atomic E-state index is 12.3. The van der Waals surface area contributed by atoms with Crippen molar-refractivity contribution in [1.82, 2.24) is 14.3 Å². The number of carbonyl (C=O) groups excluding carboxylic acids is 1. The van der Waals surface area contributed by atoms with E-state index in [0.717, 1.165) is 6.42 Å². The van der Waals surface area contributed by atoms with Crippen LogP contribution in [0.3, 0.4) is 0 Å². The van der Waals surface area contributed by atoms with Gasteiger partial charge >= 0.3 is 5.97 Å². The zero-order valence-electron chi connectivity index (χ0n) is 15.5. The van der Waals surface area contributed by atoms with Gasteiger partial charge in [0.1, 0.15) is 0 Å². The molecule has 5 rings (SSSR count). The molecule has 1 aromatic carbocycles. The summed E-state index contributed by atoms with van der Waals surface area (Å²) in [7, 11) is 1.69. The monoisotopic (exact) mass is 387 g/mol. The number of aromatic carboxylic acids is 1. The number of rotatable bonds is 2. The van der Waals surface area contributed by atoms with E-state index >= 15 is 0 Å². The second kappa shape index (κ2) is 5.93. The second-order valence-corrected chi connectivity index (χ2v) is 7.47. The topological polar surface area (TPSA) is 95.1 Å². The highest BCUT2D eigenvalue weighted by atomic mass is 16.4. The third-order valence-electron chi connectivity index (χ3n) is 5.71. The van der Waals surface area contributed by atoms with Gasteiger partial charge in [0.05, 0.1) is 11.2 Å². The molecule has 2 aliphatic rings. The molecule has 7 heteroatoms. The van der Waals surface area contributed by atoms with E-state index in [4.69, 9.17) is 0 Å². The lowest BCUT2D eigenvalue weighted by atomic mass is 9.98. The van der Waals surface area contributed by atoms with Gasteiger partial charge < -0.3 is 15.1 Å². The average Bonchev–Trinajstić information content (AvgIpc) is 3.40. The number of piperidine rings is 1. The minimum atomic E-state index is -1.63. The van der Waals surface area contributed by atoms with Crippen molar-refractivity contribution in [1.29, 1.82) is 0 Å². The van der Waals surface area contributed by atoms with Crippen LogP contribution in [-0.4, -0.2) is 55.1 Å². The van der Waals surface area contributed by atoms with Gasteiger partial charge in [-0.15, -0.1) is 0 Å². The van der Waals surface area contributed by atoms with Crippen LogP contribution in [0.25, 0.3) is 16.8 Å². The number of hydrogen-bond donors (Lipinski definition) is 2. The number of likely N-dealkylation sites (tertiary alicyclic amines) is 1. The molecule has 2 aromatic heterocycles. The van der Waals surface area contributed by atoms with Gasteiger partial charge in [-0.2, -0.15) is 0 Å². The molecule has 0 spiro atoms. The van der Waals surface area contributed by atoms with Gasteiger partial charge in [-0.1, -0.05) is 30.0 Å². The lowest BCUT2D eigenvalue weighted by Crippen LogP contribution is -2.41. The summed E-state index contributed by atoms with van der Waals surface area (Å²) in [5.41, 5.74) is 0.891. The number of fused-ring (bicyclic) bond motifs is 2. The van der Waals surface area contributed by atoms with Crippen LogP contribution in [0.15, 0.2) is 48.7 Å². The molecular formula is C22H17N3O4. The van der Waals surface area contributed by atoms with Gasteiger partial charge in [0.25, 0.3) is 5.91 Å². The fourth-order valence-corrected chi connectivity index (χ4v) is 4.10.